The van der Waals surface area contributed by atoms with Gasteiger partial charge in [0.2, 0.25) is 17.7 Å². The van der Waals surface area contributed by atoms with Gasteiger partial charge in [0.15, 0.2) is 0 Å². The number of hydrogen-bond acceptors (Lipinski definition) is 7. The van der Waals surface area contributed by atoms with Crippen molar-refractivity contribution in [3.8, 4) is 0 Å². The summed E-state index contributed by atoms with van der Waals surface area (Å²) in [6.45, 7) is 8.46. The third-order valence-corrected chi connectivity index (χ3v) is 7.75. The van der Waals surface area contributed by atoms with Crippen LogP contribution in [0.5, 0.6) is 0 Å². The number of nitrogens with one attached hydrogen (secondary N) is 4. The van der Waals surface area contributed by atoms with E-state index in [1.807, 2.05) is 12.2 Å². The highest BCUT2D eigenvalue weighted by molar-refractivity contribution is 8.76. The number of carbonyl (C=O) groups excluding carboxylic acids is 4. The van der Waals surface area contributed by atoms with E-state index in [2.05, 4.69) is 21.3 Å². The lowest BCUT2D eigenvalue weighted by molar-refractivity contribution is -0.142. The van der Waals surface area contributed by atoms with Gasteiger partial charge in [0.05, 0.1) is 0 Å². The molecule has 3 atom stereocenters. The lowest BCUT2D eigenvalue weighted by Crippen LogP contribution is -2.56. The lowest BCUT2D eigenvalue weighted by atomic mass is 10.0. The Morgan fingerprint density at radius 3 is 2.33 bits per heavy atom. The molecule has 0 aromatic carbocycles. The Bertz CT molecular complexity index is 860. The van der Waals surface area contributed by atoms with E-state index in [-0.39, 0.29) is 35.6 Å². The minimum atomic E-state index is -1.18. The zero-order chi connectivity index (χ0) is 27.3. The molecule has 10 nitrogen and oxygen atoms in total. The number of carboxylic acid groups (broad SMARTS) is 1. The minimum absolute atomic E-state index is 0.117. The van der Waals surface area contributed by atoms with Gasteiger partial charge < -0.3 is 26.4 Å². The van der Waals surface area contributed by atoms with Crippen LogP contribution in [0.25, 0.3) is 0 Å². The number of aliphatic carboxylic acids is 1. The van der Waals surface area contributed by atoms with Crippen molar-refractivity contribution >= 4 is 51.2 Å². The monoisotopic (exact) mass is 542 g/mol. The first-order valence-electron chi connectivity index (χ1n) is 12.0. The maximum absolute atomic E-state index is 13.1. The largest absolute Gasteiger partial charge is 0.480 e. The second-order valence-electron chi connectivity index (χ2n) is 8.98. The summed E-state index contributed by atoms with van der Waals surface area (Å²) >= 11 is 0. The molecule has 0 radical (unpaired) electrons. The first-order chi connectivity index (χ1) is 17.0. The lowest BCUT2D eigenvalue weighted by Gasteiger charge is -2.25. The smallest absolute Gasteiger partial charge is 0.326 e. The highest BCUT2D eigenvalue weighted by atomic mass is 33.1. The van der Waals surface area contributed by atoms with Gasteiger partial charge in [-0.1, -0.05) is 67.5 Å². The third-order valence-electron chi connectivity index (χ3n) is 5.30. The first-order valence-corrected chi connectivity index (χ1v) is 14.5. The number of carboxylic acids is 1. The summed E-state index contributed by atoms with van der Waals surface area (Å²) in [7, 11) is 2.97. The summed E-state index contributed by atoms with van der Waals surface area (Å²) < 4.78 is 0. The molecular formula is C24H38N4O6S2. The Balaban J connectivity index is 3.04. The van der Waals surface area contributed by atoms with Gasteiger partial charge in [-0.05, 0) is 31.6 Å². The van der Waals surface area contributed by atoms with E-state index in [1.165, 1.54) is 23.8 Å². The Labute approximate surface area is 220 Å². The van der Waals surface area contributed by atoms with Crippen LogP contribution in [0, 0.1) is 11.8 Å². The van der Waals surface area contributed by atoms with Crippen molar-refractivity contribution in [2.24, 2.45) is 11.8 Å². The van der Waals surface area contributed by atoms with Crippen LogP contribution in [0.1, 0.15) is 53.9 Å². The molecule has 4 amide bonds. The van der Waals surface area contributed by atoms with Gasteiger partial charge in [-0.2, -0.15) is 0 Å². The zero-order valence-electron chi connectivity index (χ0n) is 21.5. The number of rotatable bonds is 7. The van der Waals surface area contributed by atoms with Gasteiger partial charge in [-0.3, -0.25) is 19.2 Å². The maximum atomic E-state index is 13.1. The molecule has 0 spiro atoms. The minimum Gasteiger partial charge on any atom is -0.480 e. The number of carbonyl (C=O) groups is 5. The van der Waals surface area contributed by atoms with E-state index < -0.39 is 41.8 Å². The SMILES string of the molecule is C/C=C(\NC(=O)C1CSSCC/C=C/CCC(=O)NC(C(C)C)C(=O)N1)C(=O)N[C@H](C(=O)O)C(C)C. The molecule has 1 rings (SSSR count). The fraction of sp³-hybridized carbons (Fsp3) is 0.625. The van der Waals surface area contributed by atoms with Crippen molar-refractivity contribution in [2.45, 2.75) is 72.0 Å². The molecule has 1 heterocycles. The maximum Gasteiger partial charge on any atom is 0.326 e. The predicted molar refractivity (Wildman–Crippen MR) is 143 cm³/mol. The third kappa shape index (κ3) is 11.1. The molecule has 12 heteroatoms. The second kappa shape index (κ2) is 16.3. The predicted octanol–water partition coefficient (Wildman–Crippen LogP) is 1.98. The van der Waals surface area contributed by atoms with Crippen LogP contribution in [0.3, 0.4) is 0 Å². The van der Waals surface area contributed by atoms with Crippen molar-refractivity contribution in [1.29, 1.82) is 0 Å². The van der Waals surface area contributed by atoms with Gasteiger partial charge in [-0.15, -0.1) is 0 Å². The van der Waals surface area contributed by atoms with Crippen LogP contribution < -0.4 is 21.3 Å². The van der Waals surface area contributed by atoms with Crippen LogP contribution in [0.15, 0.2) is 23.9 Å². The summed E-state index contributed by atoms with van der Waals surface area (Å²) in [4.78, 5) is 62.6. The van der Waals surface area contributed by atoms with Crippen LogP contribution in [0.4, 0.5) is 0 Å². The molecule has 5 N–H and O–H groups in total. The summed E-state index contributed by atoms with van der Waals surface area (Å²) in [5.41, 5.74) is -0.117. The van der Waals surface area contributed by atoms with E-state index in [0.29, 0.717) is 6.42 Å². The quantitative estimate of drug-likeness (QED) is 0.186. The highest BCUT2D eigenvalue weighted by Crippen LogP contribution is 2.23. The average molecular weight is 543 g/mol. The molecule has 0 aromatic rings. The Hall–Kier alpha value is -2.47. The topological polar surface area (TPSA) is 154 Å². The van der Waals surface area contributed by atoms with E-state index >= 15 is 0 Å². The van der Waals surface area contributed by atoms with Crippen LogP contribution in [0.2, 0.25) is 0 Å². The normalized spacial score (nSPS) is 22.5. The number of allylic oxidation sites excluding steroid dienone is 3. The zero-order valence-corrected chi connectivity index (χ0v) is 23.1. The molecule has 0 bridgehead atoms. The highest BCUT2D eigenvalue weighted by Gasteiger charge is 2.30. The molecule has 0 aromatic heterocycles. The average Bonchev–Trinajstić information content (AvgIpc) is 2.81. The fourth-order valence-corrected chi connectivity index (χ4v) is 5.34. The molecule has 36 heavy (non-hydrogen) atoms. The van der Waals surface area contributed by atoms with Crippen molar-refractivity contribution in [2.75, 3.05) is 11.5 Å². The van der Waals surface area contributed by atoms with Crippen LogP contribution in [-0.2, 0) is 24.0 Å². The first kappa shape index (κ1) is 31.6. The van der Waals surface area contributed by atoms with Crippen LogP contribution in [-0.4, -0.2) is 64.3 Å². The molecule has 1 aliphatic heterocycles. The summed E-state index contributed by atoms with van der Waals surface area (Å²) in [5, 5.41) is 19.7. The van der Waals surface area contributed by atoms with Gasteiger partial charge in [0.1, 0.15) is 23.8 Å². The molecular weight excluding hydrogens is 504 g/mol. The van der Waals surface area contributed by atoms with Gasteiger partial charge in [0.25, 0.3) is 5.91 Å². The number of amides is 4. The number of hydrogen-bond donors (Lipinski definition) is 5. The molecule has 0 aliphatic carbocycles. The molecule has 202 valence electrons. The standard InChI is InChI=1S/C24H38N4O6S2/c1-6-16(21(30)28-20(15(4)5)24(33)34)25-22(31)17-13-36-35-12-10-8-7-9-11-18(29)27-19(14(2)3)23(32)26-17/h6-8,14-15,17,19-20H,9-13H2,1-5H3,(H,25,31)(H,26,32)(H,27,29)(H,28,30)(H,33,34)/b8-7+,16-6-/t17?,19?,20-/m0/s1. The van der Waals surface area contributed by atoms with E-state index in [1.54, 1.807) is 38.5 Å². The molecule has 0 saturated carbocycles. The van der Waals surface area contributed by atoms with Gasteiger partial charge >= 0.3 is 5.97 Å². The molecule has 0 fully saturated rings. The van der Waals surface area contributed by atoms with Gasteiger partial charge in [-0.25, -0.2) is 4.79 Å². The summed E-state index contributed by atoms with van der Waals surface area (Å²) in [5.74, 6) is -2.84. The van der Waals surface area contributed by atoms with Crippen molar-refractivity contribution in [1.82, 2.24) is 21.3 Å². The van der Waals surface area contributed by atoms with Crippen molar-refractivity contribution in [3.63, 3.8) is 0 Å². The Morgan fingerprint density at radius 1 is 1.08 bits per heavy atom. The Kier molecular flexibility index (Phi) is 14.3. The fourth-order valence-electron chi connectivity index (χ4n) is 3.18. The summed E-state index contributed by atoms with van der Waals surface area (Å²) in [6, 6.07) is -2.94. The van der Waals surface area contributed by atoms with Crippen LogP contribution >= 0.6 is 21.6 Å². The van der Waals surface area contributed by atoms with E-state index in [0.717, 1.165) is 12.2 Å². The van der Waals surface area contributed by atoms with Gasteiger partial charge in [0, 0.05) is 17.9 Å². The van der Waals surface area contributed by atoms with E-state index in [9.17, 15) is 29.1 Å². The molecule has 1 aliphatic rings. The Morgan fingerprint density at radius 2 is 1.75 bits per heavy atom. The summed E-state index contributed by atoms with van der Waals surface area (Å²) in [6.07, 6.45) is 6.96. The van der Waals surface area contributed by atoms with Crippen molar-refractivity contribution < 1.29 is 29.1 Å². The van der Waals surface area contributed by atoms with Crippen molar-refractivity contribution in [3.05, 3.63) is 23.9 Å². The molecule has 2 unspecified atom stereocenters. The molecule has 0 saturated heterocycles. The second-order valence-corrected chi connectivity index (χ2v) is 11.6. The van der Waals surface area contributed by atoms with E-state index in [4.69, 9.17) is 0 Å².